The predicted molar refractivity (Wildman–Crippen MR) is 97.2 cm³/mol. The molecule has 2 amide bonds. The molecular formula is C20H24N2O2. The lowest BCUT2D eigenvalue weighted by Crippen LogP contribution is -2.37. The van der Waals surface area contributed by atoms with Gasteiger partial charge in [-0.2, -0.15) is 0 Å². The van der Waals surface area contributed by atoms with Crippen molar-refractivity contribution in [3.05, 3.63) is 53.6 Å². The van der Waals surface area contributed by atoms with Gasteiger partial charge in [0.2, 0.25) is 0 Å². The Kier molecular flexibility index (Phi) is 4.58. The molecule has 2 aromatic rings. The van der Waals surface area contributed by atoms with E-state index in [2.05, 4.69) is 41.0 Å². The molecule has 0 saturated heterocycles. The highest BCUT2D eigenvalue weighted by Crippen LogP contribution is 2.37. The zero-order valence-electron chi connectivity index (χ0n) is 14.2. The Balaban J connectivity index is 1.63. The first-order valence-corrected chi connectivity index (χ1v) is 8.35. The minimum atomic E-state index is -0.212. The molecule has 0 unspecified atom stereocenters. The van der Waals surface area contributed by atoms with E-state index in [9.17, 15) is 4.79 Å². The molecule has 3 N–H and O–H groups in total. The van der Waals surface area contributed by atoms with Crippen molar-refractivity contribution in [1.29, 1.82) is 0 Å². The molecule has 0 fully saturated rings. The molecule has 0 aliphatic heterocycles. The van der Waals surface area contributed by atoms with Gasteiger partial charge >= 0.3 is 6.03 Å². The van der Waals surface area contributed by atoms with Gasteiger partial charge in [0.1, 0.15) is 0 Å². The van der Waals surface area contributed by atoms with E-state index < -0.39 is 0 Å². The third kappa shape index (κ3) is 3.60. The SMILES string of the molecule is CC(C)(CCO)CNC(=O)Nc1ccc2c(c1)Cc1ccccc1-2. The molecule has 126 valence electrons. The molecule has 1 aliphatic carbocycles. The van der Waals surface area contributed by atoms with E-state index in [1.807, 2.05) is 26.0 Å². The topological polar surface area (TPSA) is 61.4 Å². The predicted octanol–water partition coefficient (Wildman–Crippen LogP) is 3.79. The van der Waals surface area contributed by atoms with Gasteiger partial charge in [-0.25, -0.2) is 4.79 Å². The molecule has 0 radical (unpaired) electrons. The number of aliphatic hydroxyl groups excluding tert-OH is 1. The Labute approximate surface area is 142 Å². The first-order chi connectivity index (χ1) is 11.5. The van der Waals surface area contributed by atoms with Gasteiger partial charge in [0.05, 0.1) is 0 Å². The van der Waals surface area contributed by atoms with Crippen LogP contribution in [0.25, 0.3) is 11.1 Å². The van der Waals surface area contributed by atoms with E-state index in [0.717, 1.165) is 12.1 Å². The van der Waals surface area contributed by atoms with Crippen LogP contribution < -0.4 is 10.6 Å². The largest absolute Gasteiger partial charge is 0.396 e. The highest BCUT2D eigenvalue weighted by molar-refractivity contribution is 5.90. The van der Waals surface area contributed by atoms with Crippen LogP contribution in [-0.4, -0.2) is 24.3 Å². The van der Waals surface area contributed by atoms with Crippen molar-refractivity contribution < 1.29 is 9.90 Å². The second-order valence-electron chi connectivity index (χ2n) is 7.15. The van der Waals surface area contributed by atoms with E-state index in [0.29, 0.717) is 13.0 Å². The number of hydrogen-bond donors (Lipinski definition) is 3. The maximum absolute atomic E-state index is 12.1. The number of carbonyl (C=O) groups is 1. The van der Waals surface area contributed by atoms with Crippen molar-refractivity contribution in [3.63, 3.8) is 0 Å². The molecule has 4 nitrogen and oxygen atoms in total. The second-order valence-corrected chi connectivity index (χ2v) is 7.15. The Morgan fingerprint density at radius 2 is 1.88 bits per heavy atom. The maximum atomic E-state index is 12.1. The number of benzene rings is 2. The third-order valence-electron chi connectivity index (χ3n) is 4.57. The van der Waals surface area contributed by atoms with E-state index >= 15 is 0 Å². The third-order valence-corrected chi connectivity index (χ3v) is 4.57. The Bertz CT molecular complexity index is 753. The van der Waals surface area contributed by atoms with Crippen LogP contribution in [-0.2, 0) is 6.42 Å². The van der Waals surface area contributed by atoms with Crippen molar-refractivity contribution >= 4 is 11.7 Å². The molecule has 1 aliphatic rings. The first kappa shape index (κ1) is 16.5. The van der Waals surface area contributed by atoms with E-state index in [4.69, 9.17) is 5.11 Å². The number of carbonyl (C=O) groups excluding carboxylic acids is 1. The summed E-state index contributed by atoms with van der Waals surface area (Å²) in [5.74, 6) is 0. The summed E-state index contributed by atoms with van der Waals surface area (Å²) in [4.78, 5) is 12.1. The van der Waals surface area contributed by atoms with E-state index in [-0.39, 0.29) is 18.1 Å². The molecule has 0 bridgehead atoms. The summed E-state index contributed by atoms with van der Waals surface area (Å²) in [6.07, 6.45) is 1.57. The van der Waals surface area contributed by atoms with E-state index in [1.54, 1.807) is 0 Å². The van der Waals surface area contributed by atoms with Gasteiger partial charge < -0.3 is 15.7 Å². The summed E-state index contributed by atoms with van der Waals surface area (Å²) in [5.41, 5.74) is 5.80. The Hall–Kier alpha value is -2.33. The van der Waals surface area contributed by atoms with Gasteiger partial charge in [0, 0.05) is 18.8 Å². The summed E-state index contributed by atoms with van der Waals surface area (Å²) in [7, 11) is 0. The average molecular weight is 324 g/mol. The van der Waals surface area contributed by atoms with Crippen molar-refractivity contribution in [1.82, 2.24) is 5.32 Å². The summed E-state index contributed by atoms with van der Waals surface area (Å²) in [6.45, 7) is 4.70. The highest BCUT2D eigenvalue weighted by atomic mass is 16.3. The van der Waals surface area contributed by atoms with Crippen LogP contribution in [0, 0.1) is 5.41 Å². The molecular weight excluding hydrogens is 300 g/mol. The second kappa shape index (κ2) is 6.65. The van der Waals surface area contributed by atoms with Crippen LogP contribution in [0.15, 0.2) is 42.5 Å². The highest BCUT2D eigenvalue weighted by Gasteiger charge is 2.20. The number of nitrogens with one attached hydrogen (secondary N) is 2. The first-order valence-electron chi connectivity index (χ1n) is 8.35. The zero-order valence-corrected chi connectivity index (χ0v) is 14.2. The minimum Gasteiger partial charge on any atom is -0.396 e. The number of aliphatic hydroxyl groups is 1. The zero-order chi connectivity index (χ0) is 17.2. The summed E-state index contributed by atoms with van der Waals surface area (Å²) in [6, 6.07) is 14.3. The van der Waals surface area contributed by atoms with Crippen molar-refractivity contribution in [2.45, 2.75) is 26.7 Å². The lowest BCUT2D eigenvalue weighted by Gasteiger charge is -2.23. The molecule has 2 aromatic carbocycles. The van der Waals surface area contributed by atoms with Crippen LogP contribution in [0.2, 0.25) is 0 Å². The number of amides is 2. The van der Waals surface area contributed by atoms with Crippen LogP contribution in [0.3, 0.4) is 0 Å². The molecule has 4 heteroatoms. The van der Waals surface area contributed by atoms with E-state index in [1.165, 1.54) is 22.3 Å². The monoisotopic (exact) mass is 324 g/mol. The van der Waals surface area contributed by atoms with Crippen molar-refractivity contribution in [3.8, 4) is 11.1 Å². The van der Waals surface area contributed by atoms with Gasteiger partial charge in [0.15, 0.2) is 0 Å². The van der Waals surface area contributed by atoms with Gasteiger partial charge in [-0.15, -0.1) is 0 Å². The van der Waals surface area contributed by atoms with Crippen LogP contribution in [0.4, 0.5) is 10.5 Å². The normalized spacial score (nSPS) is 12.5. The number of urea groups is 1. The Morgan fingerprint density at radius 3 is 2.67 bits per heavy atom. The van der Waals surface area contributed by atoms with Gasteiger partial charge in [0.25, 0.3) is 0 Å². The standard InChI is InChI=1S/C20H24N2O2/c1-20(2,9-10-23)13-21-19(24)22-16-7-8-18-15(12-16)11-14-5-3-4-6-17(14)18/h3-8,12,23H,9-11,13H2,1-2H3,(H2,21,22,24). The lowest BCUT2D eigenvalue weighted by atomic mass is 9.90. The average Bonchev–Trinajstić information content (AvgIpc) is 2.91. The van der Waals surface area contributed by atoms with Gasteiger partial charge in [-0.1, -0.05) is 44.2 Å². The lowest BCUT2D eigenvalue weighted by molar-refractivity contribution is 0.204. The summed E-state index contributed by atoms with van der Waals surface area (Å²) >= 11 is 0. The fourth-order valence-electron chi connectivity index (χ4n) is 3.11. The quantitative estimate of drug-likeness (QED) is 0.669. The summed E-state index contributed by atoms with van der Waals surface area (Å²) < 4.78 is 0. The molecule has 0 aromatic heterocycles. The molecule has 0 atom stereocenters. The van der Waals surface area contributed by atoms with Crippen LogP contribution in [0.5, 0.6) is 0 Å². The van der Waals surface area contributed by atoms with Crippen LogP contribution >= 0.6 is 0 Å². The van der Waals surface area contributed by atoms with Gasteiger partial charge in [-0.05, 0) is 52.6 Å². The summed E-state index contributed by atoms with van der Waals surface area (Å²) in [5, 5.41) is 14.8. The fourth-order valence-corrected chi connectivity index (χ4v) is 3.11. The number of rotatable bonds is 5. The Morgan fingerprint density at radius 1 is 1.12 bits per heavy atom. The molecule has 0 saturated carbocycles. The number of fused-ring (bicyclic) bond motifs is 3. The van der Waals surface area contributed by atoms with Gasteiger partial charge in [-0.3, -0.25) is 0 Å². The van der Waals surface area contributed by atoms with Crippen molar-refractivity contribution in [2.24, 2.45) is 5.41 Å². The van der Waals surface area contributed by atoms with Crippen LogP contribution in [0.1, 0.15) is 31.4 Å². The van der Waals surface area contributed by atoms with Crippen molar-refractivity contribution in [2.75, 3.05) is 18.5 Å². The molecule has 24 heavy (non-hydrogen) atoms. The smallest absolute Gasteiger partial charge is 0.319 e. The number of hydrogen-bond acceptors (Lipinski definition) is 2. The molecule has 3 rings (SSSR count). The minimum absolute atomic E-state index is 0.119. The number of anilines is 1. The maximum Gasteiger partial charge on any atom is 0.319 e. The fraction of sp³-hybridized carbons (Fsp3) is 0.350. The molecule has 0 heterocycles. The molecule has 0 spiro atoms.